The summed E-state index contributed by atoms with van der Waals surface area (Å²) in [7, 11) is 1.37. The number of aryl methyl sites for hydroxylation is 1. The Balaban J connectivity index is 1.67. The second kappa shape index (κ2) is 7.82. The Kier molecular flexibility index (Phi) is 5.30. The number of carbonyl (C=O) groups is 2. The number of rotatable bonds is 6. The first kappa shape index (κ1) is 18.3. The molecule has 0 aliphatic carbocycles. The van der Waals surface area contributed by atoms with Crippen molar-refractivity contribution >= 4 is 11.8 Å². The zero-order valence-corrected chi connectivity index (χ0v) is 14.8. The van der Waals surface area contributed by atoms with E-state index in [1.165, 1.54) is 19.2 Å². The molecule has 7 heteroatoms. The maximum Gasteiger partial charge on any atom is 0.338 e. The molecule has 0 aliphatic heterocycles. The second-order valence-electron chi connectivity index (χ2n) is 5.78. The van der Waals surface area contributed by atoms with Crippen molar-refractivity contribution in [3.63, 3.8) is 0 Å². The van der Waals surface area contributed by atoms with Gasteiger partial charge in [-0.2, -0.15) is 5.10 Å². The summed E-state index contributed by atoms with van der Waals surface area (Å²) in [6.07, 6.45) is 1.68. The van der Waals surface area contributed by atoms with Crippen LogP contribution in [0, 0.1) is 12.7 Å². The van der Waals surface area contributed by atoms with Gasteiger partial charge in [-0.3, -0.25) is 4.79 Å². The molecule has 0 bridgehead atoms. The van der Waals surface area contributed by atoms with Crippen LogP contribution in [0.2, 0.25) is 0 Å². The highest BCUT2D eigenvalue weighted by molar-refractivity contribution is 6.01. The first-order valence-electron chi connectivity index (χ1n) is 8.14. The van der Waals surface area contributed by atoms with Crippen LogP contribution < -0.4 is 4.74 Å². The molecule has 138 valence electrons. The van der Waals surface area contributed by atoms with E-state index in [4.69, 9.17) is 9.47 Å². The van der Waals surface area contributed by atoms with Crippen LogP contribution in [0.25, 0.3) is 5.69 Å². The highest BCUT2D eigenvalue weighted by Gasteiger charge is 2.16. The number of hydrogen-bond donors (Lipinski definition) is 0. The Morgan fingerprint density at radius 2 is 1.85 bits per heavy atom. The third kappa shape index (κ3) is 4.03. The van der Waals surface area contributed by atoms with Crippen LogP contribution in [0.4, 0.5) is 4.39 Å². The summed E-state index contributed by atoms with van der Waals surface area (Å²) >= 11 is 0. The largest absolute Gasteiger partial charge is 0.496 e. The van der Waals surface area contributed by atoms with Gasteiger partial charge in [-0.15, -0.1) is 0 Å². The number of nitrogens with zero attached hydrogens (tertiary/aromatic N) is 2. The Bertz CT molecular complexity index is 980. The predicted molar refractivity (Wildman–Crippen MR) is 95.9 cm³/mol. The van der Waals surface area contributed by atoms with Gasteiger partial charge in [0.25, 0.3) is 0 Å². The van der Waals surface area contributed by atoms with Gasteiger partial charge in [0.05, 0.1) is 23.9 Å². The second-order valence-corrected chi connectivity index (χ2v) is 5.78. The van der Waals surface area contributed by atoms with E-state index >= 15 is 0 Å². The molecule has 1 heterocycles. The Labute approximate surface area is 155 Å². The maximum absolute atomic E-state index is 13.4. The molecule has 0 spiro atoms. The number of halogens is 1. The van der Waals surface area contributed by atoms with E-state index in [2.05, 4.69) is 5.10 Å². The number of esters is 1. The SMILES string of the molecule is COc1ccc(F)cc1C(=O)COC(=O)c1ccc(-n2nccc2C)cc1. The summed E-state index contributed by atoms with van der Waals surface area (Å²) in [5, 5.41) is 4.19. The molecule has 0 aliphatic rings. The lowest BCUT2D eigenvalue weighted by Crippen LogP contribution is -2.15. The van der Waals surface area contributed by atoms with E-state index < -0.39 is 24.2 Å². The number of benzene rings is 2. The summed E-state index contributed by atoms with van der Waals surface area (Å²) in [6.45, 7) is 1.40. The molecule has 0 N–H and O–H groups in total. The van der Waals surface area contributed by atoms with E-state index in [1.54, 1.807) is 35.1 Å². The smallest absolute Gasteiger partial charge is 0.338 e. The fourth-order valence-electron chi connectivity index (χ4n) is 2.57. The van der Waals surface area contributed by atoms with Crippen LogP contribution in [0.5, 0.6) is 5.75 Å². The highest BCUT2D eigenvalue weighted by atomic mass is 19.1. The minimum atomic E-state index is -0.651. The number of ether oxygens (including phenoxy) is 2. The van der Waals surface area contributed by atoms with Gasteiger partial charge in [0.15, 0.2) is 6.61 Å². The summed E-state index contributed by atoms with van der Waals surface area (Å²) in [4.78, 5) is 24.4. The van der Waals surface area contributed by atoms with Crippen molar-refractivity contribution < 1.29 is 23.5 Å². The molecular formula is C20H17FN2O4. The molecule has 1 aromatic heterocycles. The Hall–Kier alpha value is -3.48. The van der Waals surface area contributed by atoms with Crippen molar-refractivity contribution in [2.75, 3.05) is 13.7 Å². The van der Waals surface area contributed by atoms with Crippen molar-refractivity contribution in [1.82, 2.24) is 9.78 Å². The first-order valence-corrected chi connectivity index (χ1v) is 8.14. The van der Waals surface area contributed by atoms with Gasteiger partial charge in [0, 0.05) is 11.9 Å². The first-order chi connectivity index (χ1) is 13.0. The van der Waals surface area contributed by atoms with Crippen LogP contribution in [-0.4, -0.2) is 35.2 Å². The highest BCUT2D eigenvalue weighted by Crippen LogP contribution is 2.20. The van der Waals surface area contributed by atoms with Gasteiger partial charge < -0.3 is 9.47 Å². The lowest BCUT2D eigenvalue weighted by molar-refractivity contribution is 0.0474. The van der Waals surface area contributed by atoms with Crippen molar-refractivity contribution in [3.8, 4) is 11.4 Å². The van der Waals surface area contributed by atoms with E-state index in [0.717, 1.165) is 17.4 Å². The fourth-order valence-corrected chi connectivity index (χ4v) is 2.57. The number of ketones is 1. The van der Waals surface area contributed by atoms with Crippen LogP contribution >= 0.6 is 0 Å². The van der Waals surface area contributed by atoms with Gasteiger partial charge in [0.1, 0.15) is 11.6 Å². The summed E-state index contributed by atoms with van der Waals surface area (Å²) in [5.74, 6) is -1.56. The molecule has 27 heavy (non-hydrogen) atoms. The van der Waals surface area contributed by atoms with Crippen molar-refractivity contribution in [1.29, 1.82) is 0 Å². The molecule has 0 amide bonds. The number of aromatic nitrogens is 2. The molecular weight excluding hydrogens is 351 g/mol. The van der Waals surface area contributed by atoms with Crippen LogP contribution in [0.1, 0.15) is 26.4 Å². The minimum Gasteiger partial charge on any atom is -0.496 e. The van der Waals surface area contributed by atoms with Crippen molar-refractivity contribution in [3.05, 3.63) is 77.4 Å². The van der Waals surface area contributed by atoms with E-state index in [1.807, 2.05) is 13.0 Å². The molecule has 0 unspecified atom stereocenters. The third-order valence-electron chi connectivity index (χ3n) is 3.98. The van der Waals surface area contributed by atoms with Crippen LogP contribution in [0.15, 0.2) is 54.7 Å². The summed E-state index contributed by atoms with van der Waals surface area (Å²) < 4.78 is 25.2. The number of hydrogen-bond acceptors (Lipinski definition) is 5. The van der Waals surface area contributed by atoms with Gasteiger partial charge in [-0.05, 0) is 55.5 Å². The standard InChI is InChI=1S/C20H17FN2O4/c1-13-9-10-22-23(13)16-6-3-14(4-7-16)20(25)27-12-18(24)17-11-15(21)5-8-19(17)26-2/h3-11H,12H2,1-2H3. The third-order valence-corrected chi connectivity index (χ3v) is 3.98. The van der Waals surface area contributed by atoms with Gasteiger partial charge in [-0.25, -0.2) is 13.9 Å². The van der Waals surface area contributed by atoms with E-state index in [0.29, 0.717) is 5.56 Å². The lowest BCUT2D eigenvalue weighted by atomic mass is 10.1. The lowest BCUT2D eigenvalue weighted by Gasteiger charge is -2.09. The number of carbonyl (C=O) groups excluding carboxylic acids is 2. The average Bonchev–Trinajstić information content (AvgIpc) is 3.11. The van der Waals surface area contributed by atoms with Gasteiger partial charge >= 0.3 is 5.97 Å². The number of methoxy groups -OCH3 is 1. The van der Waals surface area contributed by atoms with E-state index in [-0.39, 0.29) is 11.3 Å². The minimum absolute atomic E-state index is 0.0230. The van der Waals surface area contributed by atoms with Crippen molar-refractivity contribution in [2.24, 2.45) is 0 Å². The zero-order valence-electron chi connectivity index (χ0n) is 14.8. The molecule has 0 fully saturated rings. The topological polar surface area (TPSA) is 70.4 Å². The quantitative estimate of drug-likeness (QED) is 0.493. The molecule has 0 saturated heterocycles. The zero-order chi connectivity index (χ0) is 19.4. The fraction of sp³-hybridized carbons (Fsp3) is 0.150. The monoisotopic (exact) mass is 368 g/mol. The molecule has 3 aromatic rings. The number of Topliss-reactive ketones (excluding diaryl/α,β-unsaturated/α-hetero) is 1. The normalized spacial score (nSPS) is 10.5. The summed E-state index contributed by atoms with van der Waals surface area (Å²) in [5.41, 5.74) is 2.08. The van der Waals surface area contributed by atoms with E-state index in [9.17, 15) is 14.0 Å². The van der Waals surface area contributed by atoms with Crippen LogP contribution in [-0.2, 0) is 4.74 Å². The average molecular weight is 368 g/mol. The molecule has 2 aromatic carbocycles. The predicted octanol–water partition coefficient (Wildman–Crippen LogP) is 3.37. The Morgan fingerprint density at radius 1 is 1.11 bits per heavy atom. The van der Waals surface area contributed by atoms with Crippen molar-refractivity contribution in [2.45, 2.75) is 6.92 Å². The molecule has 0 atom stereocenters. The van der Waals surface area contributed by atoms with Crippen LogP contribution in [0.3, 0.4) is 0 Å². The van der Waals surface area contributed by atoms with Gasteiger partial charge in [0.2, 0.25) is 5.78 Å². The summed E-state index contributed by atoms with van der Waals surface area (Å²) in [6, 6.07) is 12.1. The maximum atomic E-state index is 13.4. The molecule has 0 saturated carbocycles. The molecule has 6 nitrogen and oxygen atoms in total. The molecule has 3 rings (SSSR count). The Morgan fingerprint density at radius 3 is 2.48 bits per heavy atom. The molecule has 0 radical (unpaired) electrons. The van der Waals surface area contributed by atoms with Gasteiger partial charge in [-0.1, -0.05) is 0 Å².